The minimum atomic E-state index is -0.140. The predicted molar refractivity (Wildman–Crippen MR) is 76.4 cm³/mol. The molecule has 2 saturated carbocycles. The highest BCUT2D eigenvalue weighted by atomic mass is 16.5. The van der Waals surface area contributed by atoms with Crippen molar-refractivity contribution in [2.24, 2.45) is 17.3 Å². The number of ether oxygens (including phenoxy) is 2. The number of carbonyl (C=O) groups excluding carboxylic acids is 1. The van der Waals surface area contributed by atoms with Gasteiger partial charge in [0.15, 0.2) is 0 Å². The van der Waals surface area contributed by atoms with Gasteiger partial charge in [0.2, 0.25) is 0 Å². The lowest BCUT2D eigenvalue weighted by molar-refractivity contribution is -0.160. The molecule has 2 bridgehead atoms. The van der Waals surface area contributed by atoms with Crippen molar-refractivity contribution in [3.63, 3.8) is 0 Å². The molecule has 1 heterocycles. The molecule has 0 spiro atoms. The van der Waals surface area contributed by atoms with Crippen LogP contribution in [0, 0.1) is 17.3 Å². The van der Waals surface area contributed by atoms with Gasteiger partial charge in [-0.15, -0.1) is 0 Å². The molecule has 1 aliphatic heterocycles. The minimum absolute atomic E-state index is 0.0482. The lowest BCUT2D eigenvalue weighted by Gasteiger charge is -2.48. The Morgan fingerprint density at radius 3 is 2.85 bits per heavy atom. The molecule has 0 N–H and O–H groups in total. The number of rotatable bonds is 3. The van der Waals surface area contributed by atoms with E-state index >= 15 is 0 Å². The smallest absolute Gasteiger partial charge is 0.311 e. The van der Waals surface area contributed by atoms with Crippen molar-refractivity contribution in [3.8, 4) is 0 Å². The number of methoxy groups -OCH3 is 1. The normalized spacial score (nSPS) is 38.5. The second kappa shape index (κ2) is 6.02. The van der Waals surface area contributed by atoms with Gasteiger partial charge in [-0.25, -0.2) is 0 Å². The van der Waals surface area contributed by atoms with E-state index in [0.29, 0.717) is 0 Å². The molecule has 0 amide bonds. The molecule has 0 aromatic rings. The van der Waals surface area contributed by atoms with E-state index in [-0.39, 0.29) is 11.4 Å². The summed E-state index contributed by atoms with van der Waals surface area (Å²) >= 11 is 0. The molecule has 3 unspecified atom stereocenters. The molecule has 0 aromatic carbocycles. The number of fused-ring (bicyclic) bond motifs is 2. The summed E-state index contributed by atoms with van der Waals surface area (Å²) in [6.07, 6.45) is 6.82. The van der Waals surface area contributed by atoms with E-state index in [1.54, 1.807) is 7.11 Å². The summed E-state index contributed by atoms with van der Waals surface area (Å²) in [6, 6.07) is 0. The van der Waals surface area contributed by atoms with E-state index in [1.165, 1.54) is 25.8 Å². The van der Waals surface area contributed by atoms with Crippen LogP contribution in [0.4, 0.5) is 0 Å². The Hall–Kier alpha value is -0.610. The second-order valence-corrected chi connectivity index (χ2v) is 6.84. The molecule has 20 heavy (non-hydrogen) atoms. The summed E-state index contributed by atoms with van der Waals surface area (Å²) < 4.78 is 10.5. The highest BCUT2D eigenvalue weighted by molar-refractivity contribution is 5.77. The third-order valence-corrected chi connectivity index (χ3v) is 5.76. The molecule has 3 aliphatic rings. The first-order valence-corrected chi connectivity index (χ1v) is 8.12. The maximum Gasteiger partial charge on any atom is 0.311 e. The van der Waals surface area contributed by atoms with Crippen LogP contribution in [0.5, 0.6) is 0 Å². The second-order valence-electron chi connectivity index (χ2n) is 6.84. The first-order valence-electron chi connectivity index (χ1n) is 8.12. The zero-order valence-corrected chi connectivity index (χ0v) is 12.6. The van der Waals surface area contributed by atoms with Crippen LogP contribution in [0.3, 0.4) is 0 Å². The van der Waals surface area contributed by atoms with Crippen LogP contribution in [-0.2, 0) is 14.3 Å². The van der Waals surface area contributed by atoms with E-state index in [1.807, 2.05) is 0 Å². The van der Waals surface area contributed by atoms with Crippen molar-refractivity contribution in [2.45, 2.75) is 38.5 Å². The van der Waals surface area contributed by atoms with Gasteiger partial charge in [-0.3, -0.25) is 9.69 Å². The third-order valence-electron chi connectivity index (χ3n) is 5.76. The van der Waals surface area contributed by atoms with Gasteiger partial charge in [-0.1, -0.05) is 12.8 Å². The van der Waals surface area contributed by atoms with Crippen LogP contribution in [0.25, 0.3) is 0 Å². The highest BCUT2D eigenvalue weighted by Crippen LogP contribution is 2.52. The molecular formula is C16H27NO3. The van der Waals surface area contributed by atoms with Gasteiger partial charge in [-0.05, 0) is 37.5 Å². The standard InChI is InChI=1S/C16H27NO3/c1-19-15(18)16-5-2-3-13(11-16)14(4-6-16)12-17-7-9-20-10-8-17/h13-14H,2-12H2,1H3. The van der Waals surface area contributed by atoms with Crippen LogP contribution in [0.1, 0.15) is 38.5 Å². The number of hydrogen-bond donors (Lipinski definition) is 0. The molecule has 114 valence electrons. The number of nitrogens with zero attached hydrogens (tertiary/aromatic N) is 1. The molecule has 4 nitrogen and oxygen atoms in total. The number of esters is 1. The Balaban J connectivity index is 1.61. The monoisotopic (exact) mass is 281 g/mol. The van der Waals surface area contributed by atoms with Gasteiger partial charge in [0.25, 0.3) is 0 Å². The third kappa shape index (κ3) is 2.73. The minimum Gasteiger partial charge on any atom is -0.469 e. The van der Waals surface area contributed by atoms with Crippen LogP contribution < -0.4 is 0 Å². The Bertz CT molecular complexity index is 354. The van der Waals surface area contributed by atoms with Gasteiger partial charge in [0.05, 0.1) is 25.7 Å². The van der Waals surface area contributed by atoms with Gasteiger partial charge in [0.1, 0.15) is 0 Å². The van der Waals surface area contributed by atoms with Gasteiger partial charge in [-0.2, -0.15) is 0 Å². The van der Waals surface area contributed by atoms with Gasteiger partial charge in [0, 0.05) is 19.6 Å². The molecule has 3 fully saturated rings. The summed E-state index contributed by atoms with van der Waals surface area (Å²) in [5, 5.41) is 0. The molecular weight excluding hydrogens is 254 g/mol. The van der Waals surface area contributed by atoms with Gasteiger partial charge < -0.3 is 9.47 Å². The summed E-state index contributed by atoms with van der Waals surface area (Å²) in [4.78, 5) is 14.7. The van der Waals surface area contributed by atoms with Crippen molar-refractivity contribution < 1.29 is 14.3 Å². The SMILES string of the molecule is COC(=O)C12CCCC(C1)C(CN1CCOCC1)CC2. The van der Waals surface area contributed by atoms with E-state index < -0.39 is 0 Å². The molecule has 1 saturated heterocycles. The fraction of sp³-hybridized carbons (Fsp3) is 0.938. The Labute approximate surface area is 121 Å². The van der Waals surface area contributed by atoms with Crippen LogP contribution in [0.15, 0.2) is 0 Å². The number of carbonyl (C=O) groups is 1. The predicted octanol–water partition coefficient (Wildman–Crippen LogP) is 2.08. The van der Waals surface area contributed by atoms with Crippen LogP contribution in [-0.4, -0.2) is 50.8 Å². The molecule has 0 aromatic heterocycles. The van der Waals surface area contributed by atoms with Crippen molar-refractivity contribution in [1.82, 2.24) is 4.90 Å². The number of hydrogen-bond acceptors (Lipinski definition) is 4. The summed E-state index contributed by atoms with van der Waals surface area (Å²) in [5.41, 5.74) is -0.140. The van der Waals surface area contributed by atoms with E-state index in [4.69, 9.17) is 9.47 Å². The average Bonchev–Trinajstić information content (AvgIpc) is 2.51. The maximum atomic E-state index is 12.1. The quantitative estimate of drug-likeness (QED) is 0.742. The van der Waals surface area contributed by atoms with Gasteiger partial charge >= 0.3 is 5.97 Å². The largest absolute Gasteiger partial charge is 0.469 e. The van der Waals surface area contributed by atoms with Crippen molar-refractivity contribution in [2.75, 3.05) is 40.0 Å². The molecule has 3 atom stereocenters. The maximum absolute atomic E-state index is 12.1. The zero-order valence-electron chi connectivity index (χ0n) is 12.6. The zero-order chi connectivity index (χ0) is 14.0. The topological polar surface area (TPSA) is 38.8 Å². The fourth-order valence-electron chi connectivity index (χ4n) is 4.60. The van der Waals surface area contributed by atoms with Crippen molar-refractivity contribution in [1.29, 1.82) is 0 Å². The summed E-state index contributed by atoms with van der Waals surface area (Å²) in [5.74, 6) is 1.54. The highest BCUT2D eigenvalue weighted by Gasteiger charge is 2.49. The van der Waals surface area contributed by atoms with Crippen LogP contribution >= 0.6 is 0 Å². The Kier molecular flexibility index (Phi) is 4.32. The fourth-order valence-corrected chi connectivity index (χ4v) is 4.60. The van der Waals surface area contributed by atoms with Crippen molar-refractivity contribution in [3.05, 3.63) is 0 Å². The lowest BCUT2D eigenvalue weighted by atomic mass is 9.58. The molecule has 0 radical (unpaired) electrons. The van der Waals surface area contributed by atoms with Crippen molar-refractivity contribution >= 4 is 5.97 Å². The molecule has 2 aliphatic carbocycles. The summed E-state index contributed by atoms with van der Waals surface area (Å²) in [7, 11) is 1.54. The van der Waals surface area contributed by atoms with E-state index in [0.717, 1.165) is 57.4 Å². The van der Waals surface area contributed by atoms with Crippen LogP contribution in [0.2, 0.25) is 0 Å². The average molecular weight is 281 g/mol. The summed E-state index contributed by atoms with van der Waals surface area (Å²) in [6.45, 7) is 5.11. The first-order chi connectivity index (χ1) is 9.73. The first kappa shape index (κ1) is 14.3. The Morgan fingerprint density at radius 2 is 2.10 bits per heavy atom. The van der Waals surface area contributed by atoms with E-state index in [2.05, 4.69) is 4.90 Å². The van der Waals surface area contributed by atoms with E-state index in [9.17, 15) is 4.79 Å². The lowest BCUT2D eigenvalue weighted by Crippen LogP contribution is -2.47. The number of morpholine rings is 1. The molecule has 3 rings (SSSR count). The molecule has 4 heteroatoms. The Morgan fingerprint density at radius 1 is 1.30 bits per heavy atom.